The standard InChI is InChI=1S/C14H18N2O3S/c17-12(16-8-14(19,9-16)10-3-4-10)5-6-15-13(18)11-2-1-7-20-11/h1-2,7,10,19H,3-6,8-9H2,(H,15,18). The third kappa shape index (κ3) is 2.71. The first-order valence-corrected chi connectivity index (χ1v) is 7.78. The highest BCUT2D eigenvalue weighted by Gasteiger charge is 2.52. The summed E-state index contributed by atoms with van der Waals surface area (Å²) >= 11 is 1.38. The van der Waals surface area contributed by atoms with Gasteiger partial charge in [0.15, 0.2) is 0 Å². The molecule has 2 heterocycles. The Morgan fingerprint density at radius 2 is 2.20 bits per heavy atom. The molecule has 0 spiro atoms. The molecule has 0 aromatic carbocycles. The molecule has 6 heteroatoms. The summed E-state index contributed by atoms with van der Waals surface area (Å²) < 4.78 is 0. The molecule has 2 fully saturated rings. The number of nitrogens with zero attached hydrogens (tertiary/aromatic N) is 1. The number of rotatable bonds is 5. The van der Waals surface area contributed by atoms with Crippen molar-refractivity contribution in [1.29, 1.82) is 0 Å². The summed E-state index contributed by atoms with van der Waals surface area (Å²) in [6.07, 6.45) is 2.45. The van der Waals surface area contributed by atoms with Crippen LogP contribution in [0, 0.1) is 5.92 Å². The molecule has 1 aromatic rings. The van der Waals surface area contributed by atoms with Gasteiger partial charge in [0.1, 0.15) is 5.60 Å². The molecule has 1 aliphatic heterocycles. The molecule has 20 heavy (non-hydrogen) atoms. The Morgan fingerprint density at radius 3 is 2.80 bits per heavy atom. The normalized spacial score (nSPS) is 20.4. The number of carbonyl (C=O) groups is 2. The summed E-state index contributed by atoms with van der Waals surface area (Å²) in [4.78, 5) is 25.9. The first-order valence-electron chi connectivity index (χ1n) is 6.90. The van der Waals surface area contributed by atoms with Crippen molar-refractivity contribution in [3.63, 3.8) is 0 Å². The molecule has 1 saturated carbocycles. The van der Waals surface area contributed by atoms with E-state index in [1.807, 2.05) is 11.4 Å². The van der Waals surface area contributed by atoms with Crippen LogP contribution >= 0.6 is 11.3 Å². The SMILES string of the molecule is O=C(NCCC(=O)N1CC(O)(C2CC2)C1)c1cccs1. The van der Waals surface area contributed by atoms with Gasteiger partial charge in [0.2, 0.25) is 5.91 Å². The van der Waals surface area contributed by atoms with Crippen LogP contribution in [0.15, 0.2) is 17.5 Å². The molecule has 2 aliphatic rings. The fraction of sp³-hybridized carbons (Fsp3) is 0.571. The lowest BCUT2D eigenvalue weighted by Gasteiger charge is -2.47. The van der Waals surface area contributed by atoms with E-state index in [1.165, 1.54) is 11.3 Å². The van der Waals surface area contributed by atoms with Gasteiger partial charge in [-0.1, -0.05) is 6.07 Å². The van der Waals surface area contributed by atoms with E-state index in [9.17, 15) is 14.7 Å². The highest BCUT2D eigenvalue weighted by Crippen LogP contribution is 2.44. The smallest absolute Gasteiger partial charge is 0.261 e. The fourth-order valence-corrected chi connectivity index (χ4v) is 3.25. The number of hydrogen-bond donors (Lipinski definition) is 2. The van der Waals surface area contributed by atoms with Crippen molar-refractivity contribution < 1.29 is 14.7 Å². The van der Waals surface area contributed by atoms with Crippen molar-refractivity contribution in [3.8, 4) is 0 Å². The van der Waals surface area contributed by atoms with Crippen LogP contribution in [0.4, 0.5) is 0 Å². The van der Waals surface area contributed by atoms with Crippen LogP contribution in [0.2, 0.25) is 0 Å². The monoisotopic (exact) mass is 294 g/mol. The van der Waals surface area contributed by atoms with Gasteiger partial charge in [-0.15, -0.1) is 11.3 Å². The summed E-state index contributed by atoms with van der Waals surface area (Å²) in [5.41, 5.74) is -0.629. The Balaban J connectivity index is 1.37. The van der Waals surface area contributed by atoms with Gasteiger partial charge in [0.05, 0.1) is 18.0 Å². The fourth-order valence-electron chi connectivity index (χ4n) is 2.61. The number of carbonyl (C=O) groups excluding carboxylic acids is 2. The molecule has 3 rings (SSSR count). The minimum atomic E-state index is -0.629. The zero-order valence-corrected chi connectivity index (χ0v) is 12.0. The van der Waals surface area contributed by atoms with Gasteiger partial charge in [0.25, 0.3) is 5.91 Å². The number of amides is 2. The van der Waals surface area contributed by atoms with Crippen LogP contribution in [-0.2, 0) is 4.79 Å². The summed E-state index contributed by atoms with van der Waals surface area (Å²) in [5.74, 6) is 0.262. The summed E-state index contributed by atoms with van der Waals surface area (Å²) in [5, 5.41) is 14.7. The molecule has 1 saturated heterocycles. The number of hydrogen-bond acceptors (Lipinski definition) is 4. The van der Waals surface area contributed by atoms with E-state index in [4.69, 9.17) is 0 Å². The van der Waals surface area contributed by atoms with Gasteiger partial charge in [0, 0.05) is 13.0 Å². The van der Waals surface area contributed by atoms with Crippen LogP contribution in [0.1, 0.15) is 28.9 Å². The number of β-amino-alcohol motifs (C(OH)–C–C–N with tert-alkyl or cyclic N) is 1. The molecule has 0 unspecified atom stereocenters. The van der Waals surface area contributed by atoms with Crippen LogP contribution in [0.3, 0.4) is 0 Å². The molecule has 1 aliphatic carbocycles. The number of thiophene rings is 1. The Hall–Kier alpha value is -1.40. The second-order valence-corrected chi connectivity index (χ2v) is 6.56. The van der Waals surface area contributed by atoms with Gasteiger partial charge in [-0.3, -0.25) is 9.59 Å². The van der Waals surface area contributed by atoms with E-state index in [2.05, 4.69) is 5.32 Å². The van der Waals surface area contributed by atoms with Gasteiger partial charge < -0.3 is 15.3 Å². The van der Waals surface area contributed by atoms with Gasteiger partial charge >= 0.3 is 0 Å². The zero-order chi connectivity index (χ0) is 14.2. The molecule has 0 bridgehead atoms. The van der Waals surface area contributed by atoms with E-state index in [0.29, 0.717) is 30.4 Å². The van der Waals surface area contributed by atoms with Gasteiger partial charge in [-0.05, 0) is 30.2 Å². The third-order valence-electron chi connectivity index (χ3n) is 3.99. The molecule has 2 N–H and O–H groups in total. The first-order chi connectivity index (χ1) is 9.58. The highest BCUT2D eigenvalue weighted by molar-refractivity contribution is 7.12. The molecule has 2 amide bonds. The van der Waals surface area contributed by atoms with Crippen LogP contribution in [0.25, 0.3) is 0 Å². The second kappa shape index (κ2) is 5.18. The van der Waals surface area contributed by atoms with E-state index in [1.54, 1.807) is 11.0 Å². The van der Waals surface area contributed by atoms with Crippen molar-refractivity contribution in [1.82, 2.24) is 10.2 Å². The quantitative estimate of drug-likeness (QED) is 0.846. The Kier molecular flexibility index (Phi) is 3.52. The lowest BCUT2D eigenvalue weighted by Crippen LogP contribution is -2.64. The first kappa shape index (κ1) is 13.6. The Morgan fingerprint density at radius 1 is 1.45 bits per heavy atom. The van der Waals surface area contributed by atoms with Crippen molar-refractivity contribution in [2.24, 2.45) is 5.92 Å². The topological polar surface area (TPSA) is 69.6 Å². The predicted octanol–water partition coefficient (Wildman–Crippen LogP) is 0.851. The lowest BCUT2D eigenvalue weighted by atomic mass is 9.88. The lowest BCUT2D eigenvalue weighted by molar-refractivity contribution is -0.159. The van der Waals surface area contributed by atoms with E-state index in [-0.39, 0.29) is 18.2 Å². The van der Waals surface area contributed by atoms with Crippen molar-refractivity contribution in [3.05, 3.63) is 22.4 Å². The molecular weight excluding hydrogens is 276 g/mol. The van der Waals surface area contributed by atoms with Crippen LogP contribution in [-0.4, -0.2) is 47.1 Å². The summed E-state index contributed by atoms with van der Waals surface area (Å²) in [7, 11) is 0. The van der Waals surface area contributed by atoms with Crippen LogP contribution < -0.4 is 5.32 Å². The van der Waals surface area contributed by atoms with Gasteiger partial charge in [-0.2, -0.15) is 0 Å². The molecular formula is C14H18N2O3S. The maximum absolute atomic E-state index is 11.9. The van der Waals surface area contributed by atoms with E-state index >= 15 is 0 Å². The number of aliphatic hydroxyl groups is 1. The van der Waals surface area contributed by atoms with E-state index in [0.717, 1.165) is 12.8 Å². The number of nitrogens with one attached hydrogen (secondary N) is 1. The Labute approximate surface area is 121 Å². The largest absolute Gasteiger partial charge is 0.386 e. The van der Waals surface area contributed by atoms with Gasteiger partial charge in [-0.25, -0.2) is 0 Å². The maximum Gasteiger partial charge on any atom is 0.261 e. The zero-order valence-electron chi connectivity index (χ0n) is 11.2. The predicted molar refractivity (Wildman–Crippen MR) is 75.5 cm³/mol. The molecule has 5 nitrogen and oxygen atoms in total. The summed E-state index contributed by atoms with van der Waals surface area (Å²) in [6.45, 7) is 1.25. The average Bonchev–Trinajstić information content (AvgIpc) is 3.10. The van der Waals surface area contributed by atoms with Crippen molar-refractivity contribution >= 4 is 23.2 Å². The minimum Gasteiger partial charge on any atom is -0.386 e. The molecule has 0 atom stereocenters. The van der Waals surface area contributed by atoms with Crippen molar-refractivity contribution in [2.75, 3.05) is 19.6 Å². The highest BCUT2D eigenvalue weighted by atomic mass is 32.1. The summed E-state index contributed by atoms with van der Waals surface area (Å²) in [6, 6.07) is 3.58. The second-order valence-electron chi connectivity index (χ2n) is 5.61. The average molecular weight is 294 g/mol. The molecule has 1 aromatic heterocycles. The van der Waals surface area contributed by atoms with E-state index < -0.39 is 5.60 Å². The van der Waals surface area contributed by atoms with Crippen molar-refractivity contribution in [2.45, 2.75) is 24.9 Å². The third-order valence-corrected chi connectivity index (χ3v) is 4.86. The number of likely N-dealkylation sites (tertiary alicyclic amines) is 1. The molecule has 0 radical (unpaired) electrons. The maximum atomic E-state index is 11.9. The molecule has 108 valence electrons. The van der Waals surface area contributed by atoms with Crippen LogP contribution in [0.5, 0.6) is 0 Å². The Bertz CT molecular complexity index is 504. The minimum absolute atomic E-state index is 0.00167.